The Balaban J connectivity index is 2.09. The fraction of sp³-hybridized carbons (Fsp3) is 0.316. The van der Waals surface area contributed by atoms with Crippen LogP contribution in [0.2, 0.25) is 0 Å². The van der Waals surface area contributed by atoms with Crippen molar-refractivity contribution in [3.05, 3.63) is 59.7 Å². The van der Waals surface area contributed by atoms with Gasteiger partial charge in [0, 0.05) is 0 Å². The van der Waals surface area contributed by atoms with Crippen LogP contribution in [-0.4, -0.2) is 27.5 Å². The van der Waals surface area contributed by atoms with Crippen LogP contribution in [0.5, 0.6) is 0 Å². The molecular formula is C19H21NO4S. The zero-order valence-corrected chi connectivity index (χ0v) is 15.1. The molecule has 2 aromatic carbocycles. The number of anilines is 1. The minimum absolute atomic E-state index is 0.0376. The summed E-state index contributed by atoms with van der Waals surface area (Å²) in [5.74, 6) is -0.409. The summed E-state index contributed by atoms with van der Waals surface area (Å²) in [5, 5.41) is 0. The molecule has 1 aliphatic rings. The van der Waals surface area contributed by atoms with Crippen LogP contribution < -0.4 is 4.31 Å². The molecule has 1 aliphatic heterocycles. The van der Waals surface area contributed by atoms with E-state index in [4.69, 9.17) is 4.74 Å². The average molecular weight is 359 g/mol. The molecule has 0 bridgehead atoms. The summed E-state index contributed by atoms with van der Waals surface area (Å²) >= 11 is 0. The molecule has 0 saturated heterocycles. The Morgan fingerprint density at radius 1 is 1.16 bits per heavy atom. The second kappa shape index (κ2) is 6.88. The predicted molar refractivity (Wildman–Crippen MR) is 96.0 cm³/mol. The van der Waals surface area contributed by atoms with E-state index in [0.717, 1.165) is 17.5 Å². The summed E-state index contributed by atoms with van der Waals surface area (Å²) < 4.78 is 32.8. The Bertz CT molecular complexity index is 875. The highest BCUT2D eigenvalue weighted by molar-refractivity contribution is 7.92. The number of sulfonamides is 1. The topological polar surface area (TPSA) is 63.7 Å². The predicted octanol–water partition coefficient (Wildman–Crippen LogP) is 3.07. The Labute approximate surface area is 148 Å². The van der Waals surface area contributed by atoms with Crippen LogP contribution in [0.25, 0.3) is 0 Å². The maximum absolute atomic E-state index is 13.3. The number of carbonyl (C=O) groups is 1. The number of methoxy groups -OCH3 is 1. The normalized spacial score (nSPS) is 17.0. The summed E-state index contributed by atoms with van der Waals surface area (Å²) in [6.07, 6.45) is 1.35. The summed E-state index contributed by atoms with van der Waals surface area (Å²) in [7, 11) is -2.45. The number of esters is 1. The third-order valence-electron chi connectivity index (χ3n) is 4.52. The molecule has 25 heavy (non-hydrogen) atoms. The van der Waals surface area contributed by atoms with Crippen molar-refractivity contribution >= 4 is 21.7 Å². The molecule has 1 unspecified atom stereocenters. The van der Waals surface area contributed by atoms with Crippen LogP contribution in [0, 0.1) is 6.92 Å². The van der Waals surface area contributed by atoms with Crippen molar-refractivity contribution < 1.29 is 17.9 Å². The number of hydrogen-bond acceptors (Lipinski definition) is 4. The maximum atomic E-state index is 13.3. The average Bonchev–Trinajstić information content (AvgIpc) is 2.61. The standard InChI is InChI=1S/C19H21NO4S/c1-14-7-11-17(12-8-14)25(22,23)20-16(13-19(21)24-2)10-9-15-5-3-4-6-18(15)20/h3-8,11-12,16H,9-10,13H2,1-2H3. The smallest absolute Gasteiger partial charge is 0.307 e. The van der Waals surface area contributed by atoms with Crippen molar-refractivity contribution in [2.24, 2.45) is 0 Å². The van der Waals surface area contributed by atoms with Gasteiger partial charge in [-0.25, -0.2) is 8.42 Å². The van der Waals surface area contributed by atoms with Gasteiger partial charge in [0.15, 0.2) is 0 Å². The molecule has 0 radical (unpaired) electrons. The highest BCUT2D eigenvalue weighted by Gasteiger charge is 2.37. The van der Waals surface area contributed by atoms with Gasteiger partial charge in [-0.2, -0.15) is 0 Å². The fourth-order valence-corrected chi connectivity index (χ4v) is 4.90. The first-order valence-electron chi connectivity index (χ1n) is 8.19. The van der Waals surface area contributed by atoms with Gasteiger partial charge in [0.05, 0.1) is 30.2 Å². The summed E-state index contributed by atoms with van der Waals surface area (Å²) in [6, 6.07) is 13.8. The Kier molecular flexibility index (Phi) is 4.81. The Hall–Kier alpha value is -2.34. The second-order valence-electron chi connectivity index (χ2n) is 6.22. The number of ether oxygens (including phenoxy) is 1. The minimum atomic E-state index is -3.77. The molecule has 0 aromatic heterocycles. The number of aryl methyl sites for hydroxylation is 2. The number of para-hydroxylation sites is 1. The lowest BCUT2D eigenvalue weighted by Gasteiger charge is -2.37. The highest BCUT2D eigenvalue weighted by Crippen LogP contribution is 2.36. The van der Waals surface area contributed by atoms with E-state index in [2.05, 4.69) is 0 Å². The van der Waals surface area contributed by atoms with Crippen LogP contribution in [0.4, 0.5) is 5.69 Å². The first-order valence-corrected chi connectivity index (χ1v) is 9.63. The first-order chi connectivity index (χ1) is 11.9. The van der Waals surface area contributed by atoms with Crippen LogP contribution in [0.1, 0.15) is 24.0 Å². The lowest BCUT2D eigenvalue weighted by Crippen LogP contribution is -2.44. The van der Waals surface area contributed by atoms with Crippen LogP contribution in [0.15, 0.2) is 53.4 Å². The largest absolute Gasteiger partial charge is 0.469 e. The summed E-state index contributed by atoms with van der Waals surface area (Å²) in [6.45, 7) is 1.91. The molecule has 0 N–H and O–H groups in total. The zero-order valence-electron chi connectivity index (χ0n) is 14.3. The SMILES string of the molecule is COC(=O)CC1CCc2ccccc2N1S(=O)(=O)c1ccc(C)cc1. The van der Waals surface area contributed by atoms with E-state index in [1.807, 2.05) is 25.1 Å². The van der Waals surface area contributed by atoms with E-state index in [1.165, 1.54) is 11.4 Å². The van der Waals surface area contributed by atoms with Gasteiger partial charge in [-0.05, 0) is 43.5 Å². The van der Waals surface area contributed by atoms with Crippen molar-refractivity contribution in [2.75, 3.05) is 11.4 Å². The van der Waals surface area contributed by atoms with E-state index in [-0.39, 0.29) is 11.3 Å². The molecule has 1 atom stereocenters. The number of carbonyl (C=O) groups excluding carboxylic acids is 1. The molecule has 3 rings (SSSR count). The molecule has 5 nitrogen and oxygen atoms in total. The maximum Gasteiger partial charge on any atom is 0.307 e. The van der Waals surface area contributed by atoms with E-state index >= 15 is 0 Å². The molecule has 1 heterocycles. The monoisotopic (exact) mass is 359 g/mol. The van der Waals surface area contributed by atoms with E-state index in [9.17, 15) is 13.2 Å². The van der Waals surface area contributed by atoms with Gasteiger partial charge < -0.3 is 4.74 Å². The fourth-order valence-electron chi connectivity index (χ4n) is 3.18. The third-order valence-corrected chi connectivity index (χ3v) is 6.40. The van der Waals surface area contributed by atoms with Crippen molar-refractivity contribution in [3.8, 4) is 0 Å². The lowest BCUT2D eigenvalue weighted by molar-refractivity contribution is -0.141. The molecule has 0 spiro atoms. The third kappa shape index (κ3) is 3.39. The van der Waals surface area contributed by atoms with Crippen molar-refractivity contribution in [1.29, 1.82) is 0 Å². The molecule has 132 valence electrons. The molecule has 0 saturated carbocycles. The van der Waals surface area contributed by atoms with Gasteiger partial charge in [-0.1, -0.05) is 35.9 Å². The number of fused-ring (bicyclic) bond motifs is 1. The molecule has 0 amide bonds. The Morgan fingerprint density at radius 2 is 1.84 bits per heavy atom. The molecular weight excluding hydrogens is 338 g/mol. The first kappa shape index (κ1) is 17.5. The molecule has 6 heteroatoms. The molecule has 0 fully saturated rings. The van der Waals surface area contributed by atoms with Gasteiger partial charge >= 0.3 is 5.97 Å². The minimum Gasteiger partial charge on any atom is -0.469 e. The van der Waals surface area contributed by atoms with Crippen molar-refractivity contribution in [1.82, 2.24) is 0 Å². The second-order valence-corrected chi connectivity index (χ2v) is 8.03. The van der Waals surface area contributed by atoms with Crippen molar-refractivity contribution in [3.63, 3.8) is 0 Å². The number of rotatable bonds is 4. The van der Waals surface area contributed by atoms with Crippen molar-refractivity contribution in [2.45, 2.75) is 37.1 Å². The highest BCUT2D eigenvalue weighted by atomic mass is 32.2. The number of hydrogen-bond donors (Lipinski definition) is 0. The van der Waals surface area contributed by atoms with Crippen LogP contribution in [-0.2, 0) is 26.0 Å². The van der Waals surface area contributed by atoms with Gasteiger partial charge in [0.2, 0.25) is 0 Å². The van der Waals surface area contributed by atoms with Gasteiger partial charge in [-0.3, -0.25) is 9.10 Å². The van der Waals surface area contributed by atoms with Crippen LogP contribution >= 0.6 is 0 Å². The molecule has 2 aromatic rings. The van der Waals surface area contributed by atoms with E-state index in [0.29, 0.717) is 12.1 Å². The summed E-state index contributed by atoms with van der Waals surface area (Å²) in [4.78, 5) is 12.0. The van der Waals surface area contributed by atoms with Crippen LogP contribution in [0.3, 0.4) is 0 Å². The van der Waals surface area contributed by atoms with Gasteiger partial charge in [-0.15, -0.1) is 0 Å². The van der Waals surface area contributed by atoms with Gasteiger partial charge in [0.1, 0.15) is 0 Å². The molecule has 0 aliphatic carbocycles. The number of benzene rings is 2. The zero-order chi connectivity index (χ0) is 18.0. The Morgan fingerprint density at radius 3 is 2.52 bits per heavy atom. The van der Waals surface area contributed by atoms with Gasteiger partial charge in [0.25, 0.3) is 10.0 Å². The quantitative estimate of drug-likeness (QED) is 0.787. The number of nitrogens with zero attached hydrogens (tertiary/aromatic N) is 1. The lowest BCUT2D eigenvalue weighted by atomic mass is 9.96. The summed E-state index contributed by atoms with van der Waals surface area (Å²) in [5.41, 5.74) is 2.60. The van der Waals surface area contributed by atoms with E-state index < -0.39 is 22.0 Å². The van der Waals surface area contributed by atoms with E-state index in [1.54, 1.807) is 30.3 Å².